The molecule has 106 valence electrons. The monoisotopic (exact) mass is 314 g/mol. The molecule has 1 aromatic heterocycles. The van der Waals surface area contributed by atoms with Gasteiger partial charge >= 0.3 is 0 Å². The van der Waals surface area contributed by atoms with E-state index in [1.165, 1.54) is 25.3 Å². The molecule has 0 unspecified atom stereocenters. The van der Waals surface area contributed by atoms with Crippen LogP contribution in [0.2, 0.25) is 0 Å². The molecule has 0 spiro atoms. The fourth-order valence-corrected chi connectivity index (χ4v) is 3.55. The zero-order chi connectivity index (χ0) is 14.8. The third kappa shape index (κ3) is 2.89. The number of ether oxygens (including phenoxy) is 1. The SMILES string of the molecule is COc1ccc(NS(=O)(=O)c2cccs2)c([N+](=O)[O-])c1. The van der Waals surface area contributed by atoms with E-state index in [1.54, 1.807) is 11.4 Å². The number of thiophene rings is 1. The second kappa shape index (κ2) is 5.47. The minimum absolute atomic E-state index is 0.0858. The Balaban J connectivity index is 2.41. The molecule has 1 heterocycles. The van der Waals surface area contributed by atoms with E-state index in [1.807, 2.05) is 0 Å². The quantitative estimate of drug-likeness (QED) is 0.675. The maximum atomic E-state index is 12.0. The van der Waals surface area contributed by atoms with Crippen molar-refractivity contribution in [3.05, 3.63) is 45.8 Å². The van der Waals surface area contributed by atoms with Gasteiger partial charge in [-0.3, -0.25) is 14.8 Å². The summed E-state index contributed by atoms with van der Waals surface area (Å²) in [6, 6.07) is 6.90. The maximum absolute atomic E-state index is 12.0. The van der Waals surface area contributed by atoms with Crippen LogP contribution in [0.15, 0.2) is 39.9 Å². The van der Waals surface area contributed by atoms with Gasteiger partial charge in [0.1, 0.15) is 15.6 Å². The molecule has 0 radical (unpaired) electrons. The van der Waals surface area contributed by atoms with E-state index in [4.69, 9.17) is 4.74 Å². The normalized spacial score (nSPS) is 11.1. The molecular weight excluding hydrogens is 304 g/mol. The summed E-state index contributed by atoms with van der Waals surface area (Å²) < 4.78 is 31.3. The minimum atomic E-state index is -3.82. The highest BCUT2D eigenvalue weighted by atomic mass is 32.2. The van der Waals surface area contributed by atoms with Gasteiger partial charge in [0, 0.05) is 0 Å². The Bertz CT molecular complexity index is 725. The molecule has 1 N–H and O–H groups in total. The molecule has 0 atom stereocenters. The number of nitro groups is 1. The number of rotatable bonds is 5. The molecule has 0 aliphatic rings. The van der Waals surface area contributed by atoms with Crippen LogP contribution in [0, 0.1) is 10.1 Å². The highest BCUT2D eigenvalue weighted by Crippen LogP contribution is 2.31. The molecule has 9 heteroatoms. The fraction of sp³-hybridized carbons (Fsp3) is 0.0909. The van der Waals surface area contributed by atoms with E-state index >= 15 is 0 Å². The largest absolute Gasteiger partial charge is 0.496 e. The van der Waals surface area contributed by atoms with Gasteiger partial charge in [0.2, 0.25) is 0 Å². The minimum Gasteiger partial charge on any atom is -0.496 e. The standard InChI is InChI=1S/C11H10N2O5S2/c1-18-8-4-5-9(10(7-8)13(14)15)12-20(16,17)11-3-2-6-19-11/h2-7,12H,1H3. The van der Waals surface area contributed by atoms with Crippen molar-refractivity contribution < 1.29 is 18.1 Å². The van der Waals surface area contributed by atoms with Crippen LogP contribution in [0.4, 0.5) is 11.4 Å². The Labute approximate surface area is 119 Å². The number of hydrogen-bond acceptors (Lipinski definition) is 6. The Morgan fingerprint density at radius 1 is 1.35 bits per heavy atom. The van der Waals surface area contributed by atoms with Gasteiger partial charge in [-0.25, -0.2) is 8.42 Å². The van der Waals surface area contributed by atoms with Crippen LogP contribution >= 0.6 is 11.3 Å². The summed E-state index contributed by atoms with van der Waals surface area (Å²) in [4.78, 5) is 10.3. The van der Waals surface area contributed by atoms with Gasteiger partial charge in [-0.05, 0) is 23.6 Å². The summed E-state index contributed by atoms with van der Waals surface area (Å²) in [5, 5.41) is 12.6. The lowest BCUT2D eigenvalue weighted by Crippen LogP contribution is -2.12. The Hall–Kier alpha value is -2.13. The molecule has 0 fully saturated rings. The number of nitro benzene ring substituents is 1. The average molecular weight is 314 g/mol. The summed E-state index contributed by atoms with van der Waals surface area (Å²) in [6.45, 7) is 0. The lowest BCUT2D eigenvalue weighted by Gasteiger charge is -2.08. The van der Waals surface area contributed by atoms with E-state index in [-0.39, 0.29) is 21.3 Å². The first-order valence-corrected chi connectivity index (χ1v) is 7.69. The van der Waals surface area contributed by atoms with Gasteiger partial charge in [0.15, 0.2) is 0 Å². The summed E-state index contributed by atoms with van der Waals surface area (Å²) in [5.41, 5.74) is -0.478. The molecule has 1 aromatic carbocycles. The molecule has 0 amide bonds. The molecule has 0 aliphatic heterocycles. The molecule has 2 aromatic rings. The lowest BCUT2D eigenvalue weighted by molar-refractivity contribution is -0.384. The smallest absolute Gasteiger partial charge is 0.297 e. The number of benzene rings is 1. The number of nitrogens with one attached hydrogen (secondary N) is 1. The van der Waals surface area contributed by atoms with Gasteiger partial charge in [-0.15, -0.1) is 11.3 Å². The number of hydrogen-bond donors (Lipinski definition) is 1. The topological polar surface area (TPSA) is 98.5 Å². The summed E-state index contributed by atoms with van der Waals surface area (Å²) in [5.74, 6) is 0.274. The molecule has 0 saturated carbocycles. The van der Waals surface area contributed by atoms with Crippen molar-refractivity contribution in [1.29, 1.82) is 0 Å². The number of anilines is 1. The van der Waals surface area contributed by atoms with Crippen LogP contribution < -0.4 is 9.46 Å². The van der Waals surface area contributed by atoms with Crippen molar-refractivity contribution in [1.82, 2.24) is 0 Å². The van der Waals surface area contributed by atoms with Gasteiger partial charge in [0.25, 0.3) is 15.7 Å². The van der Waals surface area contributed by atoms with Crippen molar-refractivity contribution >= 4 is 32.7 Å². The van der Waals surface area contributed by atoms with Gasteiger partial charge in [0.05, 0.1) is 18.1 Å². The summed E-state index contributed by atoms with van der Waals surface area (Å²) >= 11 is 1.03. The van der Waals surface area contributed by atoms with E-state index in [0.29, 0.717) is 0 Å². The third-order valence-corrected chi connectivity index (χ3v) is 5.17. The average Bonchev–Trinajstić information content (AvgIpc) is 2.93. The molecule has 0 aliphatic carbocycles. The maximum Gasteiger partial charge on any atom is 0.297 e. The van der Waals surface area contributed by atoms with E-state index < -0.39 is 14.9 Å². The summed E-state index contributed by atoms with van der Waals surface area (Å²) in [7, 11) is -2.45. The van der Waals surface area contributed by atoms with E-state index in [0.717, 1.165) is 17.4 Å². The van der Waals surface area contributed by atoms with Crippen molar-refractivity contribution in [2.24, 2.45) is 0 Å². The predicted octanol–water partition coefficient (Wildman–Crippen LogP) is 2.47. The Morgan fingerprint density at radius 2 is 2.10 bits per heavy atom. The zero-order valence-corrected chi connectivity index (χ0v) is 11.9. The molecule has 2 rings (SSSR count). The van der Waals surface area contributed by atoms with E-state index in [2.05, 4.69) is 4.72 Å². The molecule has 0 bridgehead atoms. The lowest BCUT2D eigenvalue weighted by atomic mass is 10.2. The fourth-order valence-electron chi connectivity index (χ4n) is 1.49. The highest BCUT2D eigenvalue weighted by Gasteiger charge is 2.22. The van der Waals surface area contributed by atoms with Crippen molar-refractivity contribution in [2.45, 2.75) is 4.21 Å². The van der Waals surface area contributed by atoms with Crippen LogP contribution in [0.5, 0.6) is 5.75 Å². The van der Waals surface area contributed by atoms with Crippen molar-refractivity contribution in [3.8, 4) is 5.75 Å². The van der Waals surface area contributed by atoms with Gasteiger partial charge < -0.3 is 4.74 Å². The van der Waals surface area contributed by atoms with Crippen LogP contribution in [0.1, 0.15) is 0 Å². The van der Waals surface area contributed by atoms with Crippen molar-refractivity contribution in [2.75, 3.05) is 11.8 Å². The molecule has 7 nitrogen and oxygen atoms in total. The predicted molar refractivity (Wildman–Crippen MR) is 74.8 cm³/mol. The zero-order valence-electron chi connectivity index (χ0n) is 10.3. The second-order valence-corrected chi connectivity index (χ2v) is 6.53. The highest BCUT2D eigenvalue weighted by molar-refractivity contribution is 7.94. The number of nitrogens with zero attached hydrogens (tertiary/aromatic N) is 1. The number of methoxy groups -OCH3 is 1. The summed E-state index contributed by atoms with van der Waals surface area (Å²) in [6.07, 6.45) is 0. The molecular formula is C11H10N2O5S2. The van der Waals surface area contributed by atoms with Crippen LogP contribution in [-0.2, 0) is 10.0 Å². The number of sulfonamides is 1. The van der Waals surface area contributed by atoms with Crippen LogP contribution in [0.3, 0.4) is 0 Å². The first-order chi connectivity index (χ1) is 9.44. The van der Waals surface area contributed by atoms with Gasteiger partial charge in [-0.2, -0.15) is 0 Å². The second-order valence-electron chi connectivity index (χ2n) is 3.68. The third-order valence-electron chi connectivity index (χ3n) is 2.41. The van der Waals surface area contributed by atoms with Crippen LogP contribution in [0.25, 0.3) is 0 Å². The van der Waals surface area contributed by atoms with Crippen molar-refractivity contribution in [3.63, 3.8) is 0 Å². The molecule has 20 heavy (non-hydrogen) atoms. The van der Waals surface area contributed by atoms with Crippen LogP contribution in [-0.4, -0.2) is 20.5 Å². The Kier molecular flexibility index (Phi) is 3.91. The first-order valence-electron chi connectivity index (χ1n) is 5.33. The molecule has 0 saturated heterocycles. The van der Waals surface area contributed by atoms with Gasteiger partial charge in [-0.1, -0.05) is 6.07 Å². The first kappa shape index (κ1) is 14.3. The van der Waals surface area contributed by atoms with E-state index in [9.17, 15) is 18.5 Å². The Morgan fingerprint density at radius 3 is 2.65 bits per heavy atom.